The summed E-state index contributed by atoms with van der Waals surface area (Å²) in [5, 5.41) is 0. The molecule has 1 aromatic rings. The van der Waals surface area contributed by atoms with Gasteiger partial charge in [-0.15, -0.1) is 0 Å². The van der Waals surface area contributed by atoms with Gasteiger partial charge in [0.15, 0.2) is 6.54 Å². The molecule has 1 aromatic carbocycles. The molecular weight excluding hydrogens is 370 g/mol. The number of ether oxygens (including phenoxy) is 1. The second-order valence-electron chi connectivity index (χ2n) is 9.24. The number of unbranched alkanes of at least 4 members (excludes halogenated alkanes) is 6. The zero-order valence-corrected chi connectivity index (χ0v) is 19.5. The third-order valence-corrected chi connectivity index (χ3v) is 6.39. The second kappa shape index (κ2) is 14.4. The van der Waals surface area contributed by atoms with Gasteiger partial charge >= 0.3 is 5.97 Å². The van der Waals surface area contributed by atoms with Gasteiger partial charge in [-0.1, -0.05) is 81.4 Å². The van der Waals surface area contributed by atoms with Crippen LogP contribution in [0, 0.1) is 0 Å². The molecule has 0 aromatic heterocycles. The van der Waals surface area contributed by atoms with E-state index in [4.69, 9.17) is 4.74 Å². The Balaban J connectivity index is 1.75. The van der Waals surface area contributed by atoms with Crippen LogP contribution in [0.5, 0.6) is 0 Å². The van der Waals surface area contributed by atoms with Gasteiger partial charge in [0.25, 0.3) is 0 Å². The molecule has 0 bridgehead atoms. The molecule has 1 saturated heterocycles. The van der Waals surface area contributed by atoms with Gasteiger partial charge < -0.3 is 9.22 Å². The molecule has 3 nitrogen and oxygen atoms in total. The summed E-state index contributed by atoms with van der Waals surface area (Å²) in [6, 6.07) is 10.6. The second-order valence-corrected chi connectivity index (χ2v) is 9.24. The summed E-state index contributed by atoms with van der Waals surface area (Å²) in [6.45, 7) is 8.74. The Labute approximate surface area is 185 Å². The smallest absolute Gasteiger partial charge is 0.361 e. The molecule has 0 atom stereocenters. The van der Waals surface area contributed by atoms with Crippen LogP contribution in [0.1, 0.15) is 83.6 Å². The molecule has 0 N–H and O–H groups in total. The molecule has 1 heterocycles. The van der Waals surface area contributed by atoms with Crippen LogP contribution in [0.2, 0.25) is 0 Å². The fourth-order valence-electron chi connectivity index (χ4n) is 4.49. The van der Waals surface area contributed by atoms with Gasteiger partial charge in [-0.3, -0.25) is 0 Å². The summed E-state index contributed by atoms with van der Waals surface area (Å²) in [5.74, 6) is -0.00278. The maximum Gasteiger partial charge on any atom is 0.361 e. The van der Waals surface area contributed by atoms with Gasteiger partial charge in [0, 0.05) is 0 Å². The number of quaternary nitrogens is 1. The predicted molar refractivity (Wildman–Crippen MR) is 126 cm³/mol. The molecular formula is C27H44NO2+. The van der Waals surface area contributed by atoms with Crippen molar-refractivity contribution < 1.29 is 14.0 Å². The molecule has 0 spiro atoms. The first-order chi connectivity index (χ1) is 14.6. The lowest BCUT2D eigenvalue weighted by atomic mass is 10.0. The lowest BCUT2D eigenvalue weighted by Gasteiger charge is -2.40. The van der Waals surface area contributed by atoms with E-state index in [2.05, 4.69) is 50.3 Å². The van der Waals surface area contributed by atoms with Gasteiger partial charge in [0.05, 0.1) is 26.2 Å². The van der Waals surface area contributed by atoms with Crippen molar-refractivity contribution in [2.24, 2.45) is 0 Å². The van der Waals surface area contributed by atoms with Gasteiger partial charge in [0.1, 0.15) is 0 Å². The van der Waals surface area contributed by atoms with E-state index in [9.17, 15) is 4.79 Å². The number of allylic oxidation sites excluding steroid dienone is 1. The van der Waals surface area contributed by atoms with Crippen molar-refractivity contribution in [2.75, 3.05) is 32.8 Å². The highest BCUT2D eigenvalue weighted by atomic mass is 16.5. The third-order valence-electron chi connectivity index (χ3n) is 6.39. The summed E-state index contributed by atoms with van der Waals surface area (Å²) in [6.07, 6.45) is 15.8. The van der Waals surface area contributed by atoms with Crippen molar-refractivity contribution >= 4 is 5.97 Å². The minimum atomic E-state index is -0.00278. The number of hydrogen-bond donors (Lipinski definition) is 0. The zero-order valence-electron chi connectivity index (χ0n) is 19.5. The van der Waals surface area contributed by atoms with Gasteiger partial charge in [-0.2, -0.15) is 0 Å². The average molecular weight is 415 g/mol. The van der Waals surface area contributed by atoms with Crippen molar-refractivity contribution in [1.29, 1.82) is 0 Å². The first-order valence-corrected chi connectivity index (χ1v) is 12.3. The first-order valence-electron chi connectivity index (χ1n) is 12.3. The molecule has 168 valence electrons. The normalized spacial score (nSPS) is 16.4. The van der Waals surface area contributed by atoms with E-state index in [0.717, 1.165) is 37.0 Å². The Morgan fingerprint density at radius 3 is 2.33 bits per heavy atom. The largest absolute Gasteiger partial charge is 0.462 e. The van der Waals surface area contributed by atoms with E-state index in [0.29, 0.717) is 13.2 Å². The Kier molecular flexibility index (Phi) is 11.8. The zero-order chi connectivity index (χ0) is 21.5. The number of esters is 1. The van der Waals surface area contributed by atoms with Crippen LogP contribution in [0.25, 0.3) is 0 Å². The van der Waals surface area contributed by atoms with Crippen molar-refractivity contribution in [2.45, 2.75) is 84.5 Å². The topological polar surface area (TPSA) is 26.3 Å². The Morgan fingerprint density at radius 1 is 0.967 bits per heavy atom. The van der Waals surface area contributed by atoms with Crippen molar-refractivity contribution in [3.63, 3.8) is 0 Å². The van der Waals surface area contributed by atoms with E-state index in [1.165, 1.54) is 68.9 Å². The molecule has 1 aliphatic heterocycles. The van der Waals surface area contributed by atoms with Crippen molar-refractivity contribution in [3.05, 3.63) is 47.5 Å². The maximum atomic E-state index is 12.6. The maximum absolute atomic E-state index is 12.6. The Morgan fingerprint density at radius 2 is 1.63 bits per heavy atom. The molecule has 2 rings (SSSR count). The lowest BCUT2D eigenvalue weighted by molar-refractivity contribution is -0.920. The van der Waals surface area contributed by atoms with Crippen LogP contribution in [-0.4, -0.2) is 43.2 Å². The molecule has 3 heteroatoms. The molecule has 30 heavy (non-hydrogen) atoms. The van der Waals surface area contributed by atoms with Crippen LogP contribution in [-0.2, 0) is 16.0 Å². The fourth-order valence-corrected chi connectivity index (χ4v) is 4.49. The third kappa shape index (κ3) is 9.93. The number of nitrogens with zero attached hydrogens (tertiary/aromatic N) is 1. The highest BCUT2D eigenvalue weighted by molar-refractivity contribution is 5.70. The highest BCUT2D eigenvalue weighted by Gasteiger charge is 2.32. The Bertz CT molecular complexity index is 617. The minimum Gasteiger partial charge on any atom is -0.462 e. The molecule has 1 fully saturated rings. The van der Waals surface area contributed by atoms with Gasteiger partial charge in [-0.25, -0.2) is 4.79 Å². The van der Waals surface area contributed by atoms with Crippen LogP contribution in [0.3, 0.4) is 0 Å². The summed E-state index contributed by atoms with van der Waals surface area (Å²) in [5.41, 5.74) is 2.74. The number of likely N-dealkylation sites (tertiary alicyclic amines) is 1. The average Bonchev–Trinajstić information content (AvgIpc) is 2.76. The SMILES string of the molecule is CCCCCCCCCOC(=O)C[N+]1(CC=C(C)Cc2ccccc2)CCCCC1. The molecule has 0 aliphatic carbocycles. The van der Waals surface area contributed by atoms with Gasteiger partial charge in [0.2, 0.25) is 0 Å². The number of piperidine rings is 1. The molecule has 1 aliphatic rings. The van der Waals surface area contributed by atoms with E-state index in [-0.39, 0.29) is 5.97 Å². The van der Waals surface area contributed by atoms with Crippen molar-refractivity contribution in [1.82, 2.24) is 0 Å². The number of rotatable bonds is 14. The molecule has 0 amide bonds. The summed E-state index contributed by atoms with van der Waals surface area (Å²) in [7, 11) is 0. The van der Waals surface area contributed by atoms with E-state index in [1.54, 1.807) is 0 Å². The van der Waals surface area contributed by atoms with Gasteiger partial charge in [-0.05, 0) is 50.7 Å². The van der Waals surface area contributed by atoms with Crippen LogP contribution in [0.15, 0.2) is 42.0 Å². The number of benzene rings is 1. The number of hydrogen-bond acceptors (Lipinski definition) is 2. The molecule has 0 radical (unpaired) electrons. The van der Waals surface area contributed by atoms with Crippen LogP contribution in [0.4, 0.5) is 0 Å². The number of carbonyl (C=O) groups excluding carboxylic acids is 1. The summed E-state index contributed by atoms with van der Waals surface area (Å²) in [4.78, 5) is 12.6. The van der Waals surface area contributed by atoms with E-state index < -0.39 is 0 Å². The standard InChI is InChI=1S/C27H44NO2/c1-3-4-5-6-7-8-15-22-30-27(29)24-28(19-13-10-14-20-28)21-18-25(2)23-26-16-11-9-12-17-26/h9,11-12,16-18H,3-8,10,13-15,19-24H2,1-2H3/q+1. The van der Waals surface area contributed by atoms with Crippen LogP contribution >= 0.6 is 0 Å². The highest BCUT2D eigenvalue weighted by Crippen LogP contribution is 2.20. The van der Waals surface area contributed by atoms with E-state index in [1.807, 2.05) is 0 Å². The summed E-state index contributed by atoms with van der Waals surface area (Å²) >= 11 is 0. The molecule has 0 unspecified atom stereocenters. The monoisotopic (exact) mass is 414 g/mol. The Hall–Kier alpha value is -1.61. The van der Waals surface area contributed by atoms with E-state index >= 15 is 0 Å². The van der Waals surface area contributed by atoms with Crippen molar-refractivity contribution in [3.8, 4) is 0 Å². The summed E-state index contributed by atoms with van der Waals surface area (Å²) < 4.78 is 6.50. The predicted octanol–water partition coefficient (Wildman–Crippen LogP) is 6.47. The van der Waals surface area contributed by atoms with Crippen LogP contribution < -0.4 is 0 Å². The fraction of sp³-hybridized carbons (Fsp3) is 0.667. The lowest BCUT2D eigenvalue weighted by Crippen LogP contribution is -2.54. The quantitative estimate of drug-likeness (QED) is 0.151. The minimum absolute atomic E-state index is 0.00278. The number of carbonyl (C=O) groups is 1. The molecule has 0 saturated carbocycles. The first kappa shape index (κ1) is 24.7.